The summed E-state index contributed by atoms with van der Waals surface area (Å²) in [7, 11) is 0. The van der Waals surface area contributed by atoms with Gasteiger partial charge in [-0.1, -0.05) is 45.4 Å². The standard InChI is InChI=1S/C17H28ClN3O/c1-5-20(6-2)10-11-21(13-14(3)4)17(22)19-16-9-7-8-15(18)12-16/h7-9,12,14H,5-6,10-11,13H2,1-4H3,(H,19,22). The molecule has 0 bridgehead atoms. The first-order valence-electron chi connectivity index (χ1n) is 8.00. The van der Waals surface area contributed by atoms with Gasteiger partial charge in [0.15, 0.2) is 0 Å². The van der Waals surface area contributed by atoms with Gasteiger partial charge >= 0.3 is 6.03 Å². The van der Waals surface area contributed by atoms with E-state index in [4.69, 9.17) is 11.6 Å². The molecule has 0 aliphatic heterocycles. The number of nitrogens with zero attached hydrogens (tertiary/aromatic N) is 2. The van der Waals surface area contributed by atoms with Crippen LogP contribution in [-0.4, -0.2) is 48.6 Å². The number of urea groups is 1. The predicted octanol–water partition coefficient (Wildman–Crippen LogP) is 4.17. The highest BCUT2D eigenvalue weighted by molar-refractivity contribution is 6.30. The number of likely N-dealkylation sites (N-methyl/N-ethyl adjacent to an activating group) is 1. The zero-order valence-electron chi connectivity index (χ0n) is 14.1. The minimum absolute atomic E-state index is 0.0666. The van der Waals surface area contributed by atoms with Crippen LogP contribution < -0.4 is 5.32 Å². The van der Waals surface area contributed by atoms with E-state index >= 15 is 0 Å². The molecule has 0 fully saturated rings. The van der Waals surface area contributed by atoms with Crippen molar-refractivity contribution in [2.75, 3.05) is 38.0 Å². The summed E-state index contributed by atoms with van der Waals surface area (Å²) >= 11 is 5.96. The van der Waals surface area contributed by atoms with E-state index in [2.05, 4.69) is 37.9 Å². The lowest BCUT2D eigenvalue weighted by molar-refractivity contribution is 0.189. The van der Waals surface area contributed by atoms with Crippen LogP contribution in [0.1, 0.15) is 27.7 Å². The summed E-state index contributed by atoms with van der Waals surface area (Å²) in [6.07, 6.45) is 0. The van der Waals surface area contributed by atoms with Crippen molar-refractivity contribution in [2.45, 2.75) is 27.7 Å². The normalized spacial score (nSPS) is 11.0. The molecule has 0 unspecified atom stereocenters. The number of benzene rings is 1. The number of amides is 2. The molecule has 0 radical (unpaired) electrons. The molecule has 0 aromatic heterocycles. The molecule has 1 aromatic carbocycles. The minimum Gasteiger partial charge on any atom is -0.323 e. The van der Waals surface area contributed by atoms with Crippen molar-refractivity contribution < 1.29 is 4.79 Å². The SMILES string of the molecule is CCN(CC)CCN(CC(C)C)C(=O)Nc1cccc(Cl)c1. The summed E-state index contributed by atoms with van der Waals surface area (Å²) in [5, 5.41) is 3.55. The summed E-state index contributed by atoms with van der Waals surface area (Å²) in [5.41, 5.74) is 0.731. The van der Waals surface area contributed by atoms with Crippen molar-refractivity contribution in [1.29, 1.82) is 0 Å². The third kappa shape index (κ3) is 6.67. The molecule has 22 heavy (non-hydrogen) atoms. The van der Waals surface area contributed by atoms with Crippen LogP contribution in [0.2, 0.25) is 5.02 Å². The molecule has 124 valence electrons. The van der Waals surface area contributed by atoms with Crippen LogP contribution in [0.15, 0.2) is 24.3 Å². The lowest BCUT2D eigenvalue weighted by Gasteiger charge is -2.28. The Morgan fingerprint density at radius 2 is 1.91 bits per heavy atom. The van der Waals surface area contributed by atoms with Crippen molar-refractivity contribution >= 4 is 23.3 Å². The average Bonchev–Trinajstić information content (AvgIpc) is 2.46. The van der Waals surface area contributed by atoms with E-state index in [0.717, 1.165) is 38.4 Å². The number of carbonyl (C=O) groups excluding carboxylic acids is 1. The van der Waals surface area contributed by atoms with Crippen LogP contribution in [0.25, 0.3) is 0 Å². The second-order valence-electron chi connectivity index (χ2n) is 5.81. The third-order valence-electron chi connectivity index (χ3n) is 3.53. The topological polar surface area (TPSA) is 35.6 Å². The largest absolute Gasteiger partial charge is 0.323 e. The van der Waals surface area contributed by atoms with E-state index in [0.29, 0.717) is 10.9 Å². The minimum atomic E-state index is -0.0666. The molecular weight excluding hydrogens is 298 g/mol. The van der Waals surface area contributed by atoms with Crippen molar-refractivity contribution in [1.82, 2.24) is 9.80 Å². The zero-order valence-corrected chi connectivity index (χ0v) is 14.9. The molecular formula is C17H28ClN3O. The lowest BCUT2D eigenvalue weighted by atomic mass is 10.2. The van der Waals surface area contributed by atoms with Gasteiger partial charge in [0.25, 0.3) is 0 Å². The molecule has 0 saturated heterocycles. The van der Waals surface area contributed by atoms with E-state index in [9.17, 15) is 4.79 Å². The van der Waals surface area contributed by atoms with E-state index in [-0.39, 0.29) is 6.03 Å². The van der Waals surface area contributed by atoms with Crippen LogP contribution in [0.4, 0.5) is 10.5 Å². The van der Waals surface area contributed by atoms with Gasteiger partial charge in [0, 0.05) is 30.3 Å². The molecule has 2 amide bonds. The summed E-state index contributed by atoms with van der Waals surface area (Å²) in [5.74, 6) is 0.432. The Morgan fingerprint density at radius 3 is 2.45 bits per heavy atom. The number of nitrogens with one attached hydrogen (secondary N) is 1. The summed E-state index contributed by atoms with van der Waals surface area (Å²) in [6, 6.07) is 7.17. The molecule has 1 N–H and O–H groups in total. The average molecular weight is 326 g/mol. The first-order valence-corrected chi connectivity index (χ1v) is 8.37. The van der Waals surface area contributed by atoms with Crippen LogP contribution in [0, 0.1) is 5.92 Å². The van der Waals surface area contributed by atoms with Gasteiger partial charge in [0.2, 0.25) is 0 Å². The first-order chi connectivity index (χ1) is 10.5. The summed E-state index contributed by atoms with van der Waals surface area (Å²) < 4.78 is 0. The van der Waals surface area contributed by atoms with Crippen LogP contribution in [-0.2, 0) is 0 Å². The van der Waals surface area contributed by atoms with Crippen molar-refractivity contribution in [3.8, 4) is 0 Å². The van der Waals surface area contributed by atoms with E-state index in [1.54, 1.807) is 12.1 Å². The number of hydrogen-bond acceptors (Lipinski definition) is 2. The Hall–Kier alpha value is -1.26. The maximum absolute atomic E-state index is 12.5. The molecule has 0 aliphatic rings. The molecule has 1 aromatic rings. The second kappa shape index (κ2) is 9.70. The smallest absolute Gasteiger partial charge is 0.321 e. The zero-order chi connectivity index (χ0) is 16.5. The third-order valence-corrected chi connectivity index (χ3v) is 3.76. The highest BCUT2D eigenvalue weighted by atomic mass is 35.5. The van der Waals surface area contributed by atoms with E-state index in [1.807, 2.05) is 17.0 Å². The van der Waals surface area contributed by atoms with Gasteiger partial charge < -0.3 is 15.1 Å². The van der Waals surface area contributed by atoms with E-state index < -0.39 is 0 Å². The molecule has 1 rings (SSSR count). The molecule has 5 heteroatoms. The highest BCUT2D eigenvalue weighted by Gasteiger charge is 2.16. The highest BCUT2D eigenvalue weighted by Crippen LogP contribution is 2.15. The van der Waals surface area contributed by atoms with Crippen molar-refractivity contribution in [2.24, 2.45) is 5.92 Å². The Kier molecular flexibility index (Phi) is 8.28. The van der Waals surface area contributed by atoms with Gasteiger partial charge in [-0.3, -0.25) is 0 Å². The van der Waals surface area contributed by atoms with Gasteiger partial charge in [-0.15, -0.1) is 0 Å². The van der Waals surface area contributed by atoms with Gasteiger partial charge in [-0.25, -0.2) is 4.79 Å². The maximum Gasteiger partial charge on any atom is 0.321 e. The maximum atomic E-state index is 12.5. The fourth-order valence-corrected chi connectivity index (χ4v) is 2.48. The van der Waals surface area contributed by atoms with E-state index in [1.165, 1.54) is 0 Å². The summed E-state index contributed by atoms with van der Waals surface area (Å²) in [4.78, 5) is 16.7. The quantitative estimate of drug-likeness (QED) is 0.778. The number of rotatable bonds is 8. The first kappa shape index (κ1) is 18.8. The molecule has 4 nitrogen and oxygen atoms in total. The Labute approximate surface area is 139 Å². The van der Waals surface area contributed by atoms with Crippen LogP contribution in [0.5, 0.6) is 0 Å². The number of hydrogen-bond donors (Lipinski definition) is 1. The Balaban J connectivity index is 2.67. The van der Waals surface area contributed by atoms with Crippen molar-refractivity contribution in [3.05, 3.63) is 29.3 Å². The van der Waals surface area contributed by atoms with Crippen LogP contribution in [0.3, 0.4) is 0 Å². The molecule has 0 saturated carbocycles. The molecule has 0 heterocycles. The van der Waals surface area contributed by atoms with Crippen LogP contribution >= 0.6 is 11.6 Å². The fraction of sp³-hybridized carbons (Fsp3) is 0.588. The van der Waals surface area contributed by atoms with Gasteiger partial charge in [0.05, 0.1) is 0 Å². The summed E-state index contributed by atoms with van der Waals surface area (Å²) in [6.45, 7) is 12.9. The molecule has 0 atom stereocenters. The molecule has 0 aliphatic carbocycles. The number of halogens is 1. The lowest BCUT2D eigenvalue weighted by Crippen LogP contribution is -2.42. The van der Waals surface area contributed by atoms with Gasteiger partial charge in [-0.05, 0) is 37.2 Å². The monoisotopic (exact) mass is 325 g/mol. The second-order valence-corrected chi connectivity index (χ2v) is 6.24. The van der Waals surface area contributed by atoms with Gasteiger partial charge in [-0.2, -0.15) is 0 Å². The predicted molar refractivity (Wildman–Crippen MR) is 94.7 cm³/mol. The Morgan fingerprint density at radius 1 is 1.23 bits per heavy atom. The molecule has 0 spiro atoms. The van der Waals surface area contributed by atoms with Crippen molar-refractivity contribution in [3.63, 3.8) is 0 Å². The number of anilines is 1. The fourth-order valence-electron chi connectivity index (χ4n) is 2.29. The Bertz CT molecular complexity index is 461. The van der Waals surface area contributed by atoms with Gasteiger partial charge in [0.1, 0.15) is 0 Å². The number of carbonyl (C=O) groups is 1.